The van der Waals surface area contributed by atoms with Crippen molar-refractivity contribution < 1.29 is 0 Å². The fourth-order valence-electron chi connectivity index (χ4n) is 2.59. The number of halogens is 2. The molecule has 0 amide bonds. The normalized spacial score (nSPS) is 18.5. The zero-order chi connectivity index (χ0) is 12.1. The Hall–Kier alpha value is -0.240. The lowest BCUT2D eigenvalue weighted by atomic mass is 9.88. The molecule has 0 aromatic heterocycles. The number of rotatable bonds is 5. The Balaban J connectivity index is 1.85. The quantitative estimate of drug-likeness (QED) is 0.791. The average molecular weight is 272 g/mol. The van der Waals surface area contributed by atoms with Crippen LogP contribution in [0.1, 0.15) is 31.2 Å². The molecule has 1 aliphatic carbocycles. The van der Waals surface area contributed by atoms with E-state index in [2.05, 4.69) is 11.4 Å². The van der Waals surface area contributed by atoms with Crippen molar-refractivity contribution in [2.75, 3.05) is 12.4 Å². The molecule has 94 valence electrons. The van der Waals surface area contributed by atoms with Crippen LogP contribution in [-0.4, -0.2) is 12.4 Å². The van der Waals surface area contributed by atoms with Gasteiger partial charge in [-0.2, -0.15) is 0 Å². The summed E-state index contributed by atoms with van der Waals surface area (Å²) in [5.41, 5.74) is 1.49. The van der Waals surface area contributed by atoms with Gasteiger partial charge in [-0.3, -0.25) is 0 Å². The molecule has 1 aromatic carbocycles. The summed E-state index contributed by atoms with van der Waals surface area (Å²) in [6.07, 6.45) is 5.15. The van der Waals surface area contributed by atoms with Gasteiger partial charge in [0, 0.05) is 24.0 Å². The van der Waals surface area contributed by atoms with E-state index in [4.69, 9.17) is 23.2 Å². The molecule has 17 heavy (non-hydrogen) atoms. The summed E-state index contributed by atoms with van der Waals surface area (Å²) in [4.78, 5) is 0. The summed E-state index contributed by atoms with van der Waals surface area (Å²) in [6.45, 7) is 1.83. The van der Waals surface area contributed by atoms with Crippen LogP contribution in [0.5, 0.6) is 0 Å². The van der Waals surface area contributed by atoms with Gasteiger partial charge in [0.2, 0.25) is 0 Å². The monoisotopic (exact) mass is 271 g/mol. The first kappa shape index (κ1) is 13.2. The number of hydrogen-bond donors (Lipinski definition) is 1. The molecular weight excluding hydrogens is 253 g/mol. The summed E-state index contributed by atoms with van der Waals surface area (Å²) < 4.78 is 0. The van der Waals surface area contributed by atoms with Crippen molar-refractivity contribution >= 4 is 23.2 Å². The van der Waals surface area contributed by atoms with Gasteiger partial charge >= 0.3 is 0 Å². The van der Waals surface area contributed by atoms with E-state index in [1.165, 1.54) is 25.7 Å². The Morgan fingerprint density at radius 3 is 2.53 bits per heavy atom. The molecule has 0 spiro atoms. The Morgan fingerprint density at radius 1 is 1.18 bits per heavy atom. The summed E-state index contributed by atoms with van der Waals surface area (Å²) in [7, 11) is 0. The molecular formula is C14H19Cl2N. The van der Waals surface area contributed by atoms with Crippen LogP contribution in [0.4, 0.5) is 0 Å². The second-order valence-corrected chi connectivity index (χ2v) is 5.71. The number of alkyl halides is 1. The van der Waals surface area contributed by atoms with Gasteiger partial charge in [-0.25, -0.2) is 0 Å². The zero-order valence-electron chi connectivity index (χ0n) is 10.0. The topological polar surface area (TPSA) is 12.0 Å². The van der Waals surface area contributed by atoms with Gasteiger partial charge in [-0.1, -0.05) is 42.6 Å². The first-order valence-electron chi connectivity index (χ1n) is 6.26. The lowest BCUT2D eigenvalue weighted by Gasteiger charge is -2.26. The van der Waals surface area contributed by atoms with Gasteiger partial charge in [0.1, 0.15) is 0 Å². The summed E-state index contributed by atoms with van der Waals surface area (Å²) >= 11 is 12.2. The first-order chi connectivity index (χ1) is 8.26. The molecule has 0 bridgehead atoms. The molecule has 2 rings (SSSR count). The summed E-state index contributed by atoms with van der Waals surface area (Å²) in [5.74, 6) is 0.766. The molecule has 0 radical (unpaired) electrons. The van der Waals surface area contributed by atoms with Crippen molar-refractivity contribution in [1.29, 1.82) is 0 Å². The van der Waals surface area contributed by atoms with E-state index in [0.717, 1.165) is 29.6 Å². The van der Waals surface area contributed by atoms with Crippen molar-refractivity contribution in [3.05, 3.63) is 34.9 Å². The molecule has 0 saturated heterocycles. The summed E-state index contributed by atoms with van der Waals surface area (Å²) in [5, 5.41) is 4.35. The molecule has 3 heteroatoms. The maximum absolute atomic E-state index is 6.12. The Morgan fingerprint density at radius 2 is 1.88 bits per heavy atom. The largest absolute Gasteiger partial charge is 0.312 e. The molecule has 1 N–H and O–H groups in total. The lowest BCUT2D eigenvalue weighted by molar-refractivity contribution is 0.320. The molecule has 0 unspecified atom stereocenters. The van der Waals surface area contributed by atoms with E-state index in [0.29, 0.717) is 5.41 Å². The minimum absolute atomic E-state index is 0.322. The van der Waals surface area contributed by atoms with Gasteiger partial charge in [-0.05, 0) is 29.9 Å². The number of benzene rings is 1. The predicted molar refractivity (Wildman–Crippen MR) is 74.8 cm³/mol. The van der Waals surface area contributed by atoms with Gasteiger partial charge < -0.3 is 5.32 Å². The Bertz CT molecular complexity index is 359. The van der Waals surface area contributed by atoms with Crippen LogP contribution in [0.3, 0.4) is 0 Å². The highest BCUT2D eigenvalue weighted by molar-refractivity contribution is 6.31. The standard InChI is InChI=1S/C14H19Cl2N/c15-10-14(7-3-4-8-14)11-17-9-12-5-1-2-6-13(12)16/h1-2,5-6,17H,3-4,7-11H2. The van der Waals surface area contributed by atoms with Crippen molar-refractivity contribution in [2.45, 2.75) is 32.2 Å². The van der Waals surface area contributed by atoms with E-state index < -0.39 is 0 Å². The smallest absolute Gasteiger partial charge is 0.0450 e. The molecule has 1 aliphatic rings. The van der Waals surface area contributed by atoms with E-state index in [9.17, 15) is 0 Å². The van der Waals surface area contributed by atoms with Crippen molar-refractivity contribution in [1.82, 2.24) is 5.32 Å². The average Bonchev–Trinajstić information content (AvgIpc) is 2.81. The third kappa shape index (κ3) is 3.37. The highest BCUT2D eigenvalue weighted by Gasteiger charge is 2.32. The lowest BCUT2D eigenvalue weighted by Crippen LogP contribution is -2.33. The molecule has 1 saturated carbocycles. The second-order valence-electron chi connectivity index (χ2n) is 5.04. The van der Waals surface area contributed by atoms with Crippen LogP contribution >= 0.6 is 23.2 Å². The minimum atomic E-state index is 0.322. The van der Waals surface area contributed by atoms with Gasteiger partial charge in [0.15, 0.2) is 0 Å². The molecule has 1 fully saturated rings. The zero-order valence-corrected chi connectivity index (χ0v) is 11.5. The van der Waals surface area contributed by atoms with Crippen LogP contribution in [0.2, 0.25) is 5.02 Å². The highest BCUT2D eigenvalue weighted by atomic mass is 35.5. The maximum atomic E-state index is 6.12. The molecule has 0 atom stereocenters. The molecule has 0 aliphatic heterocycles. The van der Waals surface area contributed by atoms with Crippen LogP contribution < -0.4 is 5.32 Å². The third-order valence-electron chi connectivity index (χ3n) is 3.72. The number of hydrogen-bond acceptors (Lipinski definition) is 1. The van der Waals surface area contributed by atoms with Crippen LogP contribution in [0.15, 0.2) is 24.3 Å². The number of nitrogens with one attached hydrogen (secondary N) is 1. The van der Waals surface area contributed by atoms with Crippen molar-refractivity contribution in [3.8, 4) is 0 Å². The fraction of sp³-hybridized carbons (Fsp3) is 0.571. The molecule has 1 aromatic rings. The molecule has 1 nitrogen and oxygen atoms in total. The minimum Gasteiger partial charge on any atom is -0.312 e. The highest BCUT2D eigenvalue weighted by Crippen LogP contribution is 2.38. The van der Waals surface area contributed by atoms with Gasteiger partial charge in [-0.15, -0.1) is 11.6 Å². The second kappa shape index (κ2) is 6.08. The van der Waals surface area contributed by atoms with Crippen LogP contribution in [0, 0.1) is 5.41 Å². The summed E-state index contributed by atoms with van der Waals surface area (Å²) in [6, 6.07) is 7.99. The first-order valence-corrected chi connectivity index (χ1v) is 7.17. The third-order valence-corrected chi connectivity index (χ3v) is 4.66. The Labute approximate surface area is 114 Å². The van der Waals surface area contributed by atoms with Crippen molar-refractivity contribution in [2.24, 2.45) is 5.41 Å². The SMILES string of the molecule is ClCC1(CNCc2ccccc2Cl)CCCC1. The van der Waals surface area contributed by atoms with Crippen molar-refractivity contribution in [3.63, 3.8) is 0 Å². The Kier molecular flexibility index (Phi) is 4.72. The maximum Gasteiger partial charge on any atom is 0.0450 e. The van der Waals surface area contributed by atoms with E-state index in [-0.39, 0.29) is 0 Å². The van der Waals surface area contributed by atoms with E-state index in [1.807, 2.05) is 18.2 Å². The molecule has 0 heterocycles. The van der Waals surface area contributed by atoms with Gasteiger partial charge in [0.25, 0.3) is 0 Å². The van der Waals surface area contributed by atoms with Crippen LogP contribution in [0.25, 0.3) is 0 Å². The fourth-order valence-corrected chi connectivity index (χ4v) is 3.15. The van der Waals surface area contributed by atoms with E-state index >= 15 is 0 Å². The van der Waals surface area contributed by atoms with Crippen LogP contribution in [-0.2, 0) is 6.54 Å². The van der Waals surface area contributed by atoms with Gasteiger partial charge in [0.05, 0.1) is 0 Å². The van der Waals surface area contributed by atoms with E-state index in [1.54, 1.807) is 0 Å². The predicted octanol–water partition coefficient (Wildman–Crippen LogP) is 4.23.